The average Bonchev–Trinajstić information content (AvgIpc) is 2.91. The summed E-state index contributed by atoms with van der Waals surface area (Å²) in [7, 11) is 0. The molecule has 0 nitrogen and oxygen atoms in total. The van der Waals surface area contributed by atoms with E-state index in [0.29, 0.717) is 11.8 Å². The van der Waals surface area contributed by atoms with Crippen molar-refractivity contribution in [3.05, 3.63) is 34.0 Å². The van der Waals surface area contributed by atoms with Crippen LogP contribution in [0, 0.1) is 0 Å². The lowest BCUT2D eigenvalue weighted by atomic mass is 9.91. The van der Waals surface area contributed by atoms with Crippen molar-refractivity contribution in [1.29, 1.82) is 0 Å². The zero-order valence-corrected chi connectivity index (χ0v) is 12.9. The van der Waals surface area contributed by atoms with Gasteiger partial charge in [0.2, 0.25) is 0 Å². The Labute approximate surface area is 116 Å². The molecular weight excluding hydrogens is 256 g/mol. The topological polar surface area (TPSA) is 0 Å². The van der Waals surface area contributed by atoms with E-state index < -0.39 is 0 Å². The van der Waals surface area contributed by atoms with Gasteiger partial charge in [0, 0.05) is 9.40 Å². The summed E-state index contributed by atoms with van der Waals surface area (Å²) in [6.07, 6.45) is 0. The van der Waals surface area contributed by atoms with E-state index in [9.17, 15) is 0 Å². The van der Waals surface area contributed by atoms with Crippen molar-refractivity contribution in [2.45, 2.75) is 39.5 Å². The third-order valence-electron chi connectivity index (χ3n) is 3.55. The van der Waals surface area contributed by atoms with E-state index in [1.165, 1.54) is 20.2 Å². The van der Waals surface area contributed by atoms with Crippen LogP contribution in [0.15, 0.2) is 22.9 Å². The predicted molar refractivity (Wildman–Crippen MR) is 85.4 cm³/mol. The highest BCUT2D eigenvalue weighted by Crippen LogP contribution is 2.44. The van der Waals surface area contributed by atoms with Gasteiger partial charge in [0.1, 0.15) is 0 Å². The van der Waals surface area contributed by atoms with Gasteiger partial charge >= 0.3 is 0 Å². The Bertz CT molecular complexity index is 590. The lowest BCUT2D eigenvalue weighted by Crippen LogP contribution is -1.94. The molecule has 0 bridgehead atoms. The second kappa shape index (κ2) is 4.36. The van der Waals surface area contributed by atoms with Gasteiger partial charge in [-0.2, -0.15) is 0 Å². The zero-order valence-electron chi connectivity index (χ0n) is 11.3. The van der Waals surface area contributed by atoms with E-state index in [-0.39, 0.29) is 0 Å². The van der Waals surface area contributed by atoms with Gasteiger partial charge in [0.25, 0.3) is 0 Å². The molecule has 2 aromatic heterocycles. The molecule has 2 heteroatoms. The van der Waals surface area contributed by atoms with Crippen LogP contribution in [-0.4, -0.2) is 0 Å². The Kier molecular flexibility index (Phi) is 2.95. The van der Waals surface area contributed by atoms with Crippen LogP contribution in [-0.2, 0) is 0 Å². The molecular formula is C16H18S2. The van der Waals surface area contributed by atoms with E-state index in [4.69, 9.17) is 0 Å². The molecule has 18 heavy (non-hydrogen) atoms. The van der Waals surface area contributed by atoms with E-state index >= 15 is 0 Å². The lowest BCUT2D eigenvalue weighted by Gasteiger charge is -2.15. The molecule has 0 amide bonds. The molecule has 1 aromatic carbocycles. The molecule has 3 aromatic rings. The summed E-state index contributed by atoms with van der Waals surface area (Å²) in [5, 5.41) is 7.44. The standard InChI is InChI=1S/C16H18S2/c1-9(2)13-11-5-7-18-16(11)14(10(3)4)12-6-8-17-15(12)13/h5-10H,1-4H3. The van der Waals surface area contributed by atoms with Crippen molar-refractivity contribution < 1.29 is 0 Å². The molecule has 0 aliphatic heterocycles. The number of hydrogen-bond donors (Lipinski definition) is 0. The second-order valence-corrected chi connectivity index (χ2v) is 7.30. The first-order valence-corrected chi connectivity index (χ1v) is 8.27. The highest BCUT2D eigenvalue weighted by atomic mass is 32.1. The molecule has 0 saturated heterocycles. The third kappa shape index (κ3) is 1.63. The molecule has 3 rings (SSSR count). The van der Waals surface area contributed by atoms with Crippen LogP contribution in [0.3, 0.4) is 0 Å². The Morgan fingerprint density at radius 1 is 0.722 bits per heavy atom. The van der Waals surface area contributed by atoms with Crippen LogP contribution in [0.2, 0.25) is 0 Å². The Morgan fingerprint density at radius 3 is 1.44 bits per heavy atom. The Morgan fingerprint density at radius 2 is 1.11 bits per heavy atom. The van der Waals surface area contributed by atoms with Crippen LogP contribution < -0.4 is 0 Å². The molecule has 0 N–H and O–H groups in total. The highest BCUT2D eigenvalue weighted by Gasteiger charge is 2.19. The normalized spacial score (nSPS) is 12.3. The maximum absolute atomic E-state index is 2.31. The quantitative estimate of drug-likeness (QED) is 0.510. The van der Waals surface area contributed by atoms with E-state index in [2.05, 4.69) is 50.6 Å². The Balaban J connectivity index is 2.57. The number of fused-ring (bicyclic) bond motifs is 2. The van der Waals surface area contributed by atoms with Crippen molar-refractivity contribution in [3.63, 3.8) is 0 Å². The Hall–Kier alpha value is -0.860. The summed E-state index contributed by atoms with van der Waals surface area (Å²) >= 11 is 3.79. The van der Waals surface area contributed by atoms with Gasteiger partial charge in [-0.3, -0.25) is 0 Å². The number of benzene rings is 1. The van der Waals surface area contributed by atoms with Crippen LogP contribution in [0.4, 0.5) is 0 Å². The van der Waals surface area contributed by atoms with Gasteiger partial charge in [0.15, 0.2) is 0 Å². The maximum Gasteiger partial charge on any atom is 0.0387 e. The second-order valence-electron chi connectivity index (χ2n) is 5.46. The van der Waals surface area contributed by atoms with Crippen molar-refractivity contribution in [2.75, 3.05) is 0 Å². The summed E-state index contributed by atoms with van der Waals surface area (Å²) in [4.78, 5) is 0. The summed E-state index contributed by atoms with van der Waals surface area (Å²) in [5.74, 6) is 1.17. The summed E-state index contributed by atoms with van der Waals surface area (Å²) < 4.78 is 3.00. The van der Waals surface area contributed by atoms with Crippen LogP contribution in [0.1, 0.15) is 50.7 Å². The minimum atomic E-state index is 0.587. The molecule has 94 valence electrons. The number of thiophene rings is 2. The first-order chi connectivity index (χ1) is 8.61. The molecule has 0 aliphatic rings. The van der Waals surface area contributed by atoms with Gasteiger partial charge in [-0.15, -0.1) is 22.7 Å². The number of rotatable bonds is 2. The van der Waals surface area contributed by atoms with Crippen LogP contribution >= 0.6 is 22.7 Å². The summed E-state index contributed by atoms with van der Waals surface area (Å²) in [6.45, 7) is 9.22. The first-order valence-electron chi connectivity index (χ1n) is 6.51. The van der Waals surface area contributed by atoms with Gasteiger partial charge in [-0.05, 0) is 56.6 Å². The molecule has 0 aliphatic carbocycles. The lowest BCUT2D eigenvalue weighted by molar-refractivity contribution is 0.876. The monoisotopic (exact) mass is 274 g/mol. The molecule has 0 saturated carbocycles. The van der Waals surface area contributed by atoms with Gasteiger partial charge in [-0.25, -0.2) is 0 Å². The van der Waals surface area contributed by atoms with Crippen molar-refractivity contribution in [2.24, 2.45) is 0 Å². The maximum atomic E-state index is 2.31. The van der Waals surface area contributed by atoms with Crippen molar-refractivity contribution >= 4 is 42.8 Å². The minimum absolute atomic E-state index is 0.587. The largest absolute Gasteiger partial charge is 0.143 e. The third-order valence-corrected chi connectivity index (χ3v) is 5.45. The fourth-order valence-electron chi connectivity index (χ4n) is 2.85. The fraction of sp³-hybridized carbons (Fsp3) is 0.375. The average molecular weight is 274 g/mol. The molecule has 0 unspecified atom stereocenters. The molecule has 0 spiro atoms. The van der Waals surface area contributed by atoms with Crippen molar-refractivity contribution in [3.8, 4) is 0 Å². The summed E-state index contributed by atoms with van der Waals surface area (Å²) in [5.41, 5.74) is 3.08. The van der Waals surface area contributed by atoms with Crippen LogP contribution in [0.5, 0.6) is 0 Å². The van der Waals surface area contributed by atoms with E-state index in [1.807, 2.05) is 22.7 Å². The van der Waals surface area contributed by atoms with Crippen LogP contribution in [0.25, 0.3) is 20.2 Å². The zero-order chi connectivity index (χ0) is 12.9. The molecule has 2 heterocycles. The molecule has 0 fully saturated rings. The minimum Gasteiger partial charge on any atom is -0.143 e. The summed E-state index contributed by atoms with van der Waals surface area (Å²) in [6, 6.07) is 4.61. The van der Waals surface area contributed by atoms with Gasteiger partial charge in [-0.1, -0.05) is 27.7 Å². The van der Waals surface area contributed by atoms with Crippen molar-refractivity contribution in [1.82, 2.24) is 0 Å². The SMILES string of the molecule is CC(C)c1c2ccsc2c(C(C)C)c2ccsc12. The van der Waals surface area contributed by atoms with E-state index in [0.717, 1.165) is 0 Å². The smallest absolute Gasteiger partial charge is 0.0387 e. The predicted octanol–water partition coefficient (Wildman–Crippen LogP) is 6.36. The van der Waals surface area contributed by atoms with Gasteiger partial charge in [0.05, 0.1) is 0 Å². The highest BCUT2D eigenvalue weighted by molar-refractivity contribution is 7.19. The first kappa shape index (κ1) is 12.2. The number of hydrogen-bond acceptors (Lipinski definition) is 2. The molecule has 0 radical (unpaired) electrons. The van der Waals surface area contributed by atoms with E-state index in [1.54, 1.807) is 11.1 Å². The van der Waals surface area contributed by atoms with Gasteiger partial charge < -0.3 is 0 Å². The molecule has 0 atom stereocenters. The fourth-order valence-corrected chi connectivity index (χ4v) is 5.09.